The molecular weight excluding hydrogens is 308 g/mol. The van der Waals surface area contributed by atoms with Crippen LogP contribution in [0.5, 0.6) is 0 Å². The Balaban J connectivity index is 2.28. The van der Waals surface area contributed by atoms with E-state index in [0.717, 1.165) is 14.7 Å². The number of hydrogen-bond donors (Lipinski definition) is 1. The fourth-order valence-electron chi connectivity index (χ4n) is 1.59. The van der Waals surface area contributed by atoms with E-state index in [4.69, 9.17) is 5.11 Å². The lowest BCUT2D eigenvalue weighted by atomic mass is 10.2. The summed E-state index contributed by atoms with van der Waals surface area (Å²) in [6, 6.07) is 7.25. The first-order valence-electron chi connectivity index (χ1n) is 5.17. The van der Waals surface area contributed by atoms with Crippen LogP contribution >= 0.6 is 15.9 Å². The van der Waals surface area contributed by atoms with Gasteiger partial charge in [-0.25, -0.2) is 13.5 Å². The molecule has 4 nitrogen and oxygen atoms in total. The lowest BCUT2D eigenvalue weighted by Gasteiger charge is -2.06. The maximum Gasteiger partial charge on any atom is 0.282 e. The van der Waals surface area contributed by atoms with Gasteiger partial charge in [-0.05, 0) is 17.7 Å². The van der Waals surface area contributed by atoms with Crippen LogP contribution in [0.25, 0.3) is 0 Å². The van der Waals surface area contributed by atoms with Crippen LogP contribution in [0, 0.1) is 0 Å². The number of aliphatic hydroxyl groups is 1. The van der Waals surface area contributed by atoms with Gasteiger partial charge in [-0.15, -0.1) is 5.10 Å². The molecule has 1 aromatic carbocycles. The van der Waals surface area contributed by atoms with E-state index >= 15 is 0 Å². The van der Waals surface area contributed by atoms with Crippen LogP contribution in [0.2, 0.25) is 0 Å². The zero-order valence-electron chi connectivity index (χ0n) is 9.22. The van der Waals surface area contributed by atoms with E-state index in [-0.39, 0.29) is 17.9 Å². The molecule has 0 bridgehead atoms. The van der Waals surface area contributed by atoms with Gasteiger partial charge < -0.3 is 5.11 Å². The van der Waals surface area contributed by atoms with Gasteiger partial charge in [0.1, 0.15) is 11.4 Å². The molecule has 0 saturated heterocycles. The summed E-state index contributed by atoms with van der Waals surface area (Å²) in [7, 11) is 0. The fraction of sp³-hybridized carbons (Fsp3) is 0.273. The highest BCUT2D eigenvalue weighted by Gasteiger charge is 2.21. The minimum atomic E-state index is -2.71. The van der Waals surface area contributed by atoms with E-state index in [0.29, 0.717) is 0 Å². The van der Waals surface area contributed by atoms with Gasteiger partial charge in [0, 0.05) is 4.47 Å². The van der Waals surface area contributed by atoms with Crippen molar-refractivity contribution >= 4 is 15.9 Å². The Morgan fingerprint density at radius 3 is 2.50 bits per heavy atom. The van der Waals surface area contributed by atoms with Crippen molar-refractivity contribution in [1.29, 1.82) is 0 Å². The third-order valence-electron chi connectivity index (χ3n) is 2.45. The van der Waals surface area contributed by atoms with E-state index in [1.807, 2.05) is 12.1 Å². The van der Waals surface area contributed by atoms with Crippen LogP contribution in [0.3, 0.4) is 0 Å². The number of aliphatic hydroxyl groups excluding tert-OH is 1. The van der Waals surface area contributed by atoms with Gasteiger partial charge >= 0.3 is 0 Å². The molecule has 7 heteroatoms. The molecule has 2 aromatic rings. The number of alkyl halides is 2. The van der Waals surface area contributed by atoms with Crippen molar-refractivity contribution in [1.82, 2.24) is 15.0 Å². The number of halogens is 3. The van der Waals surface area contributed by atoms with Crippen molar-refractivity contribution in [2.24, 2.45) is 0 Å². The second-order valence-corrected chi connectivity index (χ2v) is 4.58. The number of hydrogen-bond acceptors (Lipinski definition) is 3. The molecule has 0 aliphatic rings. The molecule has 0 spiro atoms. The highest BCUT2D eigenvalue weighted by molar-refractivity contribution is 9.10. The lowest BCUT2D eigenvalue weighted by Crippen LogP contribution is -2.08. The summed E-state index contributed by atoms with van der Waals surface area (Å²) in [5.41, 5.74) is 0.414. The Hall–Kier alpha value is -1.34. The van der Waals surface area contributed by atoms with Crippen molar-refractivity contribution in [2.45, 2.75) is 19.6 Å². The molecule has 1 N–H and O–H groups in total. The fourth-order valence-corrected chi connectivity index (χ4v) is 1.85. The Labute approximate surface area is 110 Å². The largest absolute Gasteiger partial charge is 0.390 e. The van der Waals surface area contributed by atoms with E-state index < -0.39 is 13.0 Å². The van der Waals surface area contributed by atoms with E-state index in [2.05, 4.69) is 26.2 Å². The number of benzene rings is 1. The number of rotatable bonds is 4. The molecule has 1 heterocycles. The minimum Gasteiger partial charge on any atom is -0.390 e. The van der Waals surface area contributed by atoms with Gasteiger partial charge in [0.25, 0.3) is 6.43 Å². The Morgan fingerprint density at radius 1 is 1.28 bits per heavy atom. The summed E-state index contributed by atoms with van der Waals surface area (Å²) in [5.74, 6) is 0. The first-order valence-corrected chi connectivity index (χ1v) is 5.97. The van der Waals surface area contributed by atoms with Crippen LogP contribution in [-0.4, -0.2) is 20.1 Å². The average molecular weight is 318 g/mol. The number of aromatic nitrogens is 3. The minimum absolute atomic E-state index is 0.0814. The second kappa shape index (κ2) is 5.53. The van der Waals surface area contributed by atoms with E-state index in [9.17, 15) is 8.78 Å². The van der Waals surface area contributed by atoms with E-state index in [1.54, 1.807) is 12.1 Å². The van der Waals surface area contributed by atoms with Crippen LogP contribution in [0.4, 0.5) is 8.78 Å². The summed E-state index contributed by atoms with van der Waals surface area (Å²) in [4.78, 5) is 0. The summed E-state index contributed by atoms with van der Waals surface area (Å²) in [6.07, 6.45) is -2.71. The van der Waals surface area contributed by atoms with Crippen molar-refractivity contribution in [2.75, 3.05) is 0 Å². The molecule has 1 aromatic heterocycles. The normalized spacial score (nSPS) is 11.2. The Kier molecular flexibility index (Phi) is 4.03. The second-order valence-electron chi connectivity index (χ2n) is 3.66. The predicted octanol–water partition coefficient (Wildman–Crippen LogP) is 2.52. The molecule has 0 unspecified atom stereocenters. The third kappa shape index (κ3) is 2.73. The SMILES string of the molecule is OCc1nnn(Cc2ccc(Br)cc2)c1C(F)F. The maximum absolute atomic E-state index is 12.9. The van der Waals surface area contributed by atoms with Crippen molar-refractivity contribution in [3.63, 3.8) is 0 Å². The summed E-state index contributed by atoms with van der Waals surface area (Å²) in [6.45, 7) is -0.347. The first-order chi connectivity index (χ1) is 8.61. The molecule has 0 fully saturated rings. The van der Waals surface area contributed by atoms with Gasteiger partial charge in [-0.2, -0.15) is 0 Å². The molecular formula is C11H10BrF2N3O. The average Bonchev–Trinajstić information content (AvgIpc) is 2.75. The van der Waals surface area contributed by atoms with Crippen molar-refractivity contribution < 1.29 is 13.9 Å². The molecule has 0 aliphatic carbocycles. The monoisotopic (exact) mass is 317 g/mol. The molecule has 0 amide bonds. The van der Waals surface area contributed by atoms with Crippen molar-refractivity contribution in [3.8, 4) is 0 Å². The van der Waals surface area contributed by atoms with Gasteiger partial charge in [0.05, 0.1) is 13.2 Å². The highest BCUT2D eigenvalue weighted by Crippen LogP contribution is 2.22. The maximum atomic E-state index is 12.9. The molecule has 96 valence electrons. The van der Waals surface area contributed by atoms with Gasteiger partial charge in [0.15, 0.2) is 0 Å². The summed E-state index contributed by atoms with van der Waals surface area (Å²) in [5, 5.41) is 16.1. The molecule has 0 saturated carbocycles. The molecule has 2 rings (SSSR count). The van der Waals surface area contributed by atoms with E-state index in [1.165, 1.54) is 0 Å². The first kappa shape index (κ1) is 13.1. The zero-order valence-corrected chi connectivity index (χ0v) is 10.8. The van der Waals surface area contributed by atoms with Crippen LogP contribution < -0.4 is 0 Å². The van der Waals surface area contributed by atoms with Crippen LogP contribution in [0.1, 0.15) is 23.4 Å². The zero-order chi connectivity index (χ0) is 13.1. The lowest BCUT2D eigenvalue weighted by molar-refractivity contribution is 0.135. The van der Waals surface area contributed by atoms with Gasteiger partial charge in [-0.3, -0.25) is 0 Å². The smallest absolute Gasteiger partial charge is 0.282 e. The predicted molar refractivity (Wildman–Crippen MR) is 64.1 cm³/mol. The topological polar surface area (TPSA) is 50.9 Å². The molecule has 18 heavy (non-hydrogen) atoms. The van der Waals surface area contributed by atoms with Crippen molar-refractivity contribution in [3.05, 3.63) is 45.7 Å². The molecule has 0 radical (unpaired) electrons. The quantitative estimate of drug-likeness (QED) is 0.942. The van der Waals surface area contributed by atoms with Gasteiger partial charge in [-0.1, -0.05) is 33.3 Å². The van der Waals surface area contributed by atoms with Crippen LogP contribution in [-0.2, 0) is 13.2 Å². The third-order valence-corrected chi connectivity index (χ3v) is 2.98. The Morgan fingerprint density at radius 2 is 1.94 bits per heavy atom. The number of nitrogens with zero attached hydrogens (tertiary/aromatic N) is 3. The van der Waals surface area contributed by atoms with Gasteiger partial charge in [0.2, 0.25) is 0 Å². The standard InChI is InChI=1S/C11H10BrF2N3O/c12-8-3-1-7(2-4-8)5-17-10(11(13)14)9(6-18)15-16-17/h1-4,11,18H,5-6H2. The summed E-state index contributed by atoms with van der Waals surface area (Å²) < 4.78 is 27.7. The molecule has 0 aliphatic heterocycles. The summed E-state index contributed by atoms with van der Waals surface area (Å²) >= 11 is 3.30. The molecule has 0 atom stereocenters. The van der Waals surface area contributed by atoms with Crippen LogP contribution in [0.15, 0.2) is 28.7 Å². The Bertz CT molecular complexity index is 528. The highest BCUT2D eigenvalue weighted by atomic mass is 79.9.